The van der Waals surface area contributed by atoms with Crippen LogP contribution in [0.3, 0.4) is 0 Å². The summed E-state index contributed by atoms with van der Waals surface area (Å²) >= 11 is 0. The van der Waals surface area contributed by atoms with Gasteiger partial charge in [-0.1, -0.05) is 0 Å². The zero-order valence-electron chi connectivity index (χ0n) is 14.1. The number of fused-ring (bicyclic) bond motifs is 1. The summed E-state index contributed by atoms with van der Waals surface area (Å²) in [4.78, 5) is 6.98. The Kier molecular flexibility index (Phi) is 3.48. The zero-order valence-corrected chi connectivity index (χ0v) is 14.9. The van der Waals surface area contributed by atoms with Crippen molar-refractivity contribution in [1.29, 1.82) is 0 Å². The third-order valence-corrected chi connectivity index (χ3v) is 6.64. The molecule has 132 valence electrons. The van der Waals surface area contributed by atoms with Gasteiger partial charge in [0.25, 0.3) is 10.0 Å². The number of rotatable bonds is 3. The lowest BCUT2D eigenvalue weighted by Crippen LogP contribution is -2.49. The first-order valence-corrected chi connectivity index (χ1v) is 9.42. The molecule has 0 radical (unpaired) electrons. The molecule has 1 saturated heterocycles. The molecule has 1 atom stereocenters. The van der Waals surface area contributed by atoms with Gasteiger partial charge in [-0.05, 0) is 38.0 Å². The summed E-state index contributed by atoms with van der Waals surface area (Å²) in [6.45, 7) is 4.10. The van der Waals surface area contributed by atoms with E-state index in [0.717, 1.165) is 6.42 Å². The van der Waals surface area contributed by atoms with Crippen LogP contribution in [0.4, 0.5) is 4.39 Å². The van der Waals surface area contributed by atoms with Crippen molar-refractivity contribution in [2.75, 3.05) is 6.54 Å². The van der Waals surface area contributed by atoms with Crippen LogP contribution in [0.15, 0.2) is 23.5 Å². The number of benzene rings is 1. The normalized spacial score (nSPS) is 18.6. The molecule has 1 aromatic carbocycles. The average molecular weight is 363 g/mol. The maximum atomic E-state index is 14.4. The highest BCUT2D eigenvalue weighted by Gasteiger charge is 2.37. The number of aryl methyl sites for hydroxylation is 2. The van der Waals surface area contributed by atoms with Crippen molar-refractivity contribution in [2.45, 2.75) is 31.3 Å². The van der Waals surface area contributed by atoms with Crippen LogP contribution >= 0.6 is 0 Å². The lowest BCUT2D eigenvalue weighted by Gasteiger charge is -2.36. The van der Waals surface area contributed by atoms with Crippen molar-refractivity contribution in [3.8, 4) is 11.4 Å². The van der Waals surface area contributed by atoms with E-state index in [9.17, 15) is 12.8 Å². The van der Waals surface area contributed by atoms with E-state index in [1.165, 1.54) is 16.4 Å². The molecule has 1 aliphatic rings. The highest BCUT2D eigenvalue weighted by molar-refractivity contribution is 7.89. The minimum Gasteiger partial charge on any atom is -0.342 e. The van der Waals surface area contributed by atoms with Crippen molar-refractivity contribution in [3.63, 3.8) is 0 Å². The van der Waals surface area contributed by atoms with E-state index in [4.69, 9.17) is 0 Å². The fourth-order valence-corrected chi connectivity index (χ4v) is 4.90. The Morgan fingerprint density at radius 2 is 2.12 bits per heavy atom. The summed E-state index contributed by atoms with van der Waals surface area (Å²) in [5.74, 6) is -0.0597. The van der Waals surface area contributed by atoms with Crippen molar-refractivity contribution < 1.29 is 12.8 Å². The van der Waals surface area contributed by atoms with Gasteiger partial charge >= 0.3 is 0 Å². The molecule has 0 bridgehead atoms. The molecule has 4 rings (SSSR count). The number of hydrogen-bond acceptors (Lipinski definition) is 4. The van der Waals surface area contributed by atoms with E-state index in [1.807, 2.05) is 6.92 Å². The number of hydrogen-bond donors (Lipinski definition) is 1. The molecule has 1 N–H and O–H groups in total. The summed E-state index contributed by atoms with van der Waals surface area (Å²) in [5.41, 5.74) is 1.43. The summed E-state index contributed by atoms with van der Waals surface area (Å²) in [6, 6.07) is 2.81. The first-order chi connectivity index (χ1) is 11.8. The van der Waals surface area contributed by atoms with Crippen molar-refractivity contribution in [2.24, 2.45) is 7.05 Å². The van der Waals surface area contributed by atoms with E-state index >= 15 is 0 Å². The van der Waals surface area contributed by atoms with E-state index in [2.05, 4.69) is 15.1 Å². The molecule has 3 aromatic rings. The van der Waals surface area contributed by atoms with Crippen LogP contribution in [0.2, 0.25) is 0 Å². The molecule has 25 heavy (non-hydrogen) atoms. The molecule has 9 heteroatoms. The number of aromatic nitrogens is 4. The summed E-state index contributed by atoms with van der Waals surface area (Å²) < 4.78 is 43.0. The van der Waals surface area contributed by atoms with Crippen LogP contribution in [0.1, 0.15) is 18.9 Å². The van der Waals surface area contributed by atoms with Crippen molar-refractivity contribution >= 4 is 20.9 Å². The fourth-order valence-electron chi connectivity index (χ4n) is 3.23. The summed E-state index contributed by atoms with van der Waals surface area (Å²) in [5, 5.41) is 4.74. The first-order valence-electron chi connectivity index (χ1n) is 7.98. The van der Waals surface area contributed by atoms with Gasteiger partial charge in [-0.25, -0.2) is 17.8 Å². The lowest BCUT2D eigenvalue weighted by atomic mass is 10.0. The number of aromatic amines is 1. The highest BCUT2D eigenvalue weighted by Crippen LogP contribution is 2.35. The van der Waals surface area contributed by atoms with Gasteiger partial charge in [0.15, 0.2) is 5.82 Å². The van der Waals surface area contributed by atoms with Crippen LogP contribution in [0.5, 0.6) is 0 Å². The van der Waals surface area contributed by atoms with Crippen LogP contribution in [-0.2, 0) is 17.1 Å². The number of nitrogens with zero attached hydrogens (tertiary/aromatic N) is 4. The van der Waals surface area contributed by atoms with Gasteiger partial charge in [0, 0.05) is 30.6 Å². The summed E-state index contributed by atoms with van der Waals surface area (Å²) in [6.07, 6.45) is 2.38. The average Bonchev–Trinajstić information content (AvgIpc) is 3.13. The standard InChI is InChI=1S/C16H18FN5O2S/c1-9-6-12(17)15-11(14(9)16-18-8-21(3)20-16)7-13(19-15)25(23,24)22-5-4-10(22)2/h6-8,10,19H,4-5H2,1-3H3. The largest absolute Gasteiger partial charge is 0.342 e. The molecule has 7 nitrogen and oxygen atoms in total. The molecule has 0 amide bonds. The SMILES string of the molecule is Cc1cc(F)c2[nH]c(S(=O)(=O)N3CCC3C)cc2c1-c1ncn(C)n1. The van der Waals surface area contributed by atoms with E-state index in [-0.39, 0.29) is 16.6 Å². The number of halogens is 1. The summed E-state index contributed by atoms with van der Waals surface area (Å²) in [7, 11) is -1.93. The Bertz CT molecular complexity index is 1090. The molecule has 0 aliphatic carbocycles. The third kappa shape index (κ3) is 2.37. The monoisotopic (exact) mass is 363 g/mol. The molecule has 1 unspecified atom stereocenters. The molecular formula is C16H18FN5O2S. The molecular weight excluding hydrogens is 345 g/mol. The van der Waals surface area contributed by atoms with Gasteiger partial charge in [0.05, 0.1) is 5.52 Å². The minimum atomic E-state index is -3.67. The van der Waals surface area contributed by atoms with Gasteiger partial charge < -0.3 is 4.98 Å². The van der Waals surface area contributed by atoms with E-state index in [0.29, 0.717) is 28.9 Å². The fraction of sp³-hybridized carbons (Fsp3) is 0.375. The Labute approximate surface area is 144 Å². The smallest absolute Gasteiger partial charge is 0.258 e. The molecule has 0 saturated carbocycles. The van der Waals surface area contributed by atoms with Crippen LogP contribution in [0, 0.1) is 12.7 Å². The minimum absolute atomic E-state index is 0.00395. The van der Waals surface area contributed by atoms with Gasteiger partial charge in [-0.2, -0.15) is 9.40 Å². The second kappa shape index (κ2) is 5.37. The maximum Gasteiger partial charge on any atom is 0.258 e. The third-order valence-electron chi connectivity index (χ3n) is 4.71. The number of nitrogens with one attached hydrogen (secondary N) is 1. The topological polar surface area (TPSA) is 83.9 Å². The van der Waals surface area contributed by atoms with Gasteiger partial charge in [0.1, 0.15) is 17.2 Å². The van der Waals surface area contributed by atoms with Crippen molar-refractivity contribution in [3.05, 3.63) is 29.8 Å². The second-order valence-electron chi connectivity index (χ2n) is 6.47. The zero-order chi connectivity index (χ0) is 17.9. The number of H-pyrrole nitrogens is 1. The Morgan fingerprint density at radius 3 is 2.68 bits per heavy atom. The highest BCUT2D eigenvalue weighted by atomic mass is 32.2. The Morgan fingerprint density at radius 1 is 1.36 bits per heavy atom. The van der Waals surface area contributed by atoms with Crippen LogP contribution in [0.25, 0.3) is 22.3 Å². The second-order valence-corrected chi connectivity index (χ2v) is 8.33. The molecule has 1 aliphatic heterocycles. The van der Waals surface area contributed by atoms with E-state index in [1.54, 1.807) is 25.0 Å². The predicted octanol–water partition coefficient (Wildman–Crippen LogP) is 2.19. The van der Waals surface area contributed by atoms with E-state index < -0.39 is 15.8 Å². The van der Waals surface area contributed by atoms with Crippen LogP contribution < -0.4 is 0 Å². The molecule has 1 fully saturated rings. The first kappa shape index (κ1) is 16.2. The molecule has 3 heterocycles. The molecule has 2 aromatic heterocycles. The Balaban J connectivity index is 1.95. The predicted molar refractivity (Wildman–Crippen MR) is 91.0 cm³/mol. The van der Waals surface area contributed by atoms with Gasteiger partial charge in [0.2, 0.25) is 0 Å². The maximum absolute atomic E-state index is 14.4. The lowest BCUT2D eigenvalue weighted by molar-refractivity contribution is 0.217. The van der Waals surface area contributed by atoms with Crippen LogP contribution in [-0.4, -0.2) is 45.1 Å². The molecule has 0 spiro atoms. The van der Waals surface area contributed by atoms with Gasteiger partial charge in [-0.15, -0.1) is 0 Å². The Hall–Kier alpha value is -2.26. The van der Waals surface area contributed by atoms with Crippen molar-refractivity contribution in [1.82, 2.24) is 24.1 Å². The quantitative estimate of drug-likeness (QED) is 0.773. The van der Waals surface area contributed by atoms with Gasteiger partial charge in [-0.3, -0.25) is 4.68 Å². The number of sulfonamides is 1.